The Bertz CT molecular complexity index is 480. The van der Waals surface area contributed by atoms with Crippen LogP contribution < -0.4 is 5.32 Å². The van der Waals surface area contributed by atoms with Crippen molar-refractivity contribution in [2.24, 2.45) is 0 Å². The molecule has 1 heterocycles. The standard InChI is InChI=1S/C13H14FNO4/c14-10-3-1-9(2-4-10)11(16)15-13(12(17)18)5-7-19-8-6-13/h1-4H,5-8H2,(H,15,16)(H,17,18). The fourth-order valence-electron chi connectivity index (χ4n) is 2.00. The third-order valence-electron chi connectivity index (χ3n) is 3.21. The van der Waals surface area contributed by atoms with E-state index in [0.29, 0.717) is 0 Å². The maximum atomic E-state index is 12.8. The highest BCUT2D eigenvalue weighted by molar-refractivity contribution is 5.97. The zero-order chi connectivity index (χ0) is 13.9. The molecule has 102 valence electrons. The van der Waals surface area contributed by atoms with Crippen molar-refractivity contribution in [2.75, 3.05) is 13.2 Å². The van der Waals surface area contributed by atoms with Crippen LogP contribution in [-0.2, 0) is 9.53 Å². The lowest BCUT2D eigenvalue weighted by molar-refractivity contribution is -0.148. The summed E-state index contributed by atoms with van der Waals surface area (Å²) in [6.45, 7) is 0.575. The molecule has 1 fully saturated rings. The number of carboxylic acid groups (broad SMARTS) is 1. The number of nitrogens with one attached hydrogen (secondary N) is 1. The number of rotatable bonds is 3. The first-order chi connectivity index (χ1) is 9.03. The summed E-state index contributed by atoms with van der Waals surface area (Å²) in [4.78, 5) is 23.4. The van der Waals surface area contributed by atoms with Gasteiger partial charge in [0.2, 0.25) is 0 Å². The van der Waals surface area contributed by atoms with Crippen LogP contribution in [0, 0.1) is 5.82 Å². The molecule has 19 heavy (non-hydrogen) atoms. The minimum absolute atomic E-state index is 0.218. The van der Waals surface area contributed by atoms with Crippen LogP contribution in [0.15, 0.2) is 24.3 Å². The van der Waals surface area contributed by atoms with Crippen molar-refractivity contribution in [2.45, 2.75) is 18.4 Å². The van der Waals surface area contributed by atoms with Crippen LogP contribution in [-0.4, -0.2) is 35.7 Å². The highest BCUT2D eigenvalue weighted by Crippen LogP contribution is 2.21. The van der Waals surface area contributed by atoms with E-state index in [2.05, 4.69) is 5.32 Å². The normalized spacial score (nSPS) is 17.7. The monoisotopic (exact) mass is 267 g/mol. The Kier molecular flexibility index (Phi) is 3.80. The molecule has 1 saturated heterocycles. The predicted molar refractivity (Wildman–Crippen MR) is 64.3 cm³/mol. The van der Waals surface area contributed by atoms with Crippen LogP contribution in [0.1, 0.15) is 23.2 Å². The lowest BCUT2D eigenvalue weighted by Gasteiger charge is -2.33. The molecule has 0 radical (unpaired) electrons. The van der Waals surface area contributed by atoms with E-state index < -0.39 is 23.2 Å². The average Bonchev–Trinajstić information content (AvgIpc) is 2.40. The van der Waals surface area contributed by atoms with Gasteiger partial charge in [-0.3, -0.25) is 4.79 Å². The summed E-state index contributed by atoms with van der Waals surface area (Å²) < 4.78 is 17.9. The fourth-order valence-corrected chi connectivity index (χ4v) is 2.00. The van der Waals surface area contributed by atoms with Crippen molar-refractivity contribution >= 4 is 11.9 Å². The van der Waals surface area contributed by atoms with Gasteiger partial charge in [0, 0.05) is 31.6 Å². The second kappa shape index (κ2) is 5.36. The van der Waals surface area contributed by atoms with Crippen LogP contribution >= 0.6 is 0 Å². The first-order valence-electron chi connectivity index (χ1n) is 5.93. The summed E-state index contributed by atoms with van der Waals surface area (Å²) >= 11 is 0. The van der Waals surface area contributed by atoms with Crippen LogP contribution in [0.2, 0.25) is 0 Å². The molecule has 0 aliphatic carbocycles. The van der Waals surface area contributed by atoms with Gasteiger partial charge < -0.3 is 15.2 Å². The number of hydrogen-bond donors (Lipinski definition) is 2. The van der Waals surface area contributed by atoms with Crippen molar-refractivity contribution in [1.82, 2.24) is 5.32 Å². The van der Waals surface area contributed by atoms with E-state index in [-0.39, 0.29) is 31.6 Å². The van der Waals surface area contributed by atoms with E-state index in [9.17, 15) is 19.1 Å². The van der Waals surface area contributed by atoms with Crippen LogP contribution in [0.4, 0.5) is 4.39 Å². The van der Waals surface area contributed by atoms with Crippen molar-refractivity contribution in [1.29, 1.82) is 0 Å². The Morgan fingerprint density at radius 3 is 2.32 bits per heavy atom. The number of benzene rings is 1. The lowest BCUT2D eigenvalue weighted by atomic mass is 9.89. The number of halogens is 1. The maximum Gasteiger partial charge on any atom is 0.329 e. The van der Waals surface area contributed by atoms with Gasteiger partial charge in [-0.05, 0) is 24.3 Å². The molecule has 0 saturated carbocycles. The molecule has 2 N–H and O–H groups in total. The fraction of sp³-hybridized carbons (Fsp3) is 0.385. The van der Waals surface area contributed by atoms with Gasteiger partial charge in [-0.1, -0.05) is 0 Å². The quantitative estimate of drug-likeness (QED) is 0.862. The molecule has 1 aromatic carbocycles. The second-order valence-corrected chi connectivity index (χ2v) is 4.46. The number of carbonyl (C=O) groups excluding carboxylic acids is 1. The summed E-state index contributed by atoms with van der Waals surface area (Å²) in [7, 11) is 0. The van der Waals surface area contributed by atoms with Gasteiger partial charge in [0.1, 0.15) is 11.4 Å². The van der Waals surface area contributed by atoms with E-state index in [1.54, 1.807) is 0 Å². The van der Waals surface area contributed by atoms with E-state index >= 15 is 0 Å². The lowest BCUT2D eigenvalue weighted by Crippen LogP contribution is -2.57. The first-order valence-corrected chi connectivity index (χ1v) is 5.93. The Morgan fingerprint density at radius 1 is 1.21 bits per heavy atom. The summed E-state index contributed by atoms with van der Waals surface area (Å²) in [6.07, 6.45) is 0.435. The summed E-state index contributed by atoms with van der Waals surface area (Å²) in [5.41, 5.74) is -1.07. The topological polar surface area (TPSA) is 75.6 Å². The molecule has 0 aromatic heterocycles. The molecule has 5 nitrogen and oxygen atoms in total. The summed E-state index contributed by atoms with van der Waals surface area (Å²) in [6, 6.07) is 4.96. The molecule has 0 bridgehead atoms. The number of carboxylic acids is 1. The van der Waals surface area contributed by atoms with Gasteiger partial charge in [-0.15, -0.1) is 0 Å². The zero-order valence-corrected chi connectivity index (χ0v) is 10.2. The van der Waals surface area contributed by atoms with Gasteiger partial charge >= 0.3 is 5.97 Å². The van der Waals surface area contributed by atoms with Crippen molar-refractivity contribution in [3.05, 3.63) is 35.6 Å². The molecule has 1 aliphatic rings. The number of carbonyl (C=O) groups is 2. The molecule has 0 atom stereocenters. The summed E-state index contributed by atoms with van der Waals surface area (Å²) in [5, 5.41) is 11.8. The Balaban J connectivity index is 2.15. The van der Waals surface area contributed by atoms with Crippen molar-refractivity contribution < 1.29 is 23.8 Å². The molecule has 2 rings (SSSR count). The molecular formula is C13H14FNO4. The Morgan fingerprint density at radius 2 is 1.79 bits per heavy atom. The predicted octanol–water partition coefficient (Wildman–Crippen LogP) is 1.19. The molecule has 6 heteroatoms. The zero-order valence-electron chi connectivity index (χ0n) is 10.2. The number of ether oxygens (including phenoxy) is 1. The molecule has 1 amide bonds. The van der Waals surface area contributed by atoms with Crippen molar-refractivity contribution in [3.63, 3.8) is 0 Å². The number of amides is 1. The first kappa shape index (κ1) is 13.5. The smallest absolute Gasteiger partial charge is 0.329 e. The average molecular weight is 267 g/mol. The third-order valence-corrected chi connectivity index (χ3v) is 3.21. The van der Waals surface area contributed by atoms with Crippen LogP contribution in [0.3, 0.4) is 0 Å². The Hall–Kier alpha value is -1.95. The van der Waals surface area contributed by atoms with E-state index in [4.69, 9.17) is 4.74 Å². The van der Waals surface area contributed by atoms with E-state index in [0.717, 1.165) is 12.1 Å². The third kappa shape index (κ3) is 2.90. The molecule has 0 unspecified atom stereocenters. The van der Waals surface area contributed by atoms with E-state index in [1.165, 1.54) is 12.1 Å². The van der Waals surface area contributed by atoms with Gasteiger partial charge in [0.15, 0.2) is 0 Å². The molecule has 1 aromatic rings. The minimum atomic E-state index is -1.30. The van der Waals surface area contributed by atoms with Crippen LogP contribution in [0.25, 0.3) is 0 Å². The van der Waals surface area contributed by atoms with Gasteiger partial charge in [-0.2, -0.15) is 0 Å². The maximum absolute atomic E-state index is 12.8. The molecular weight excluding hydrogens is 253 g/mol. The van der Waals surface area contributed by atoms with Gasteiger partial charge in [-0.25, -0.2) is 9.18 Å². The highest BCUT2D eigenvalue weighted by Gasteiger charge is 2.41. The van der Waals surface area contributed by atoms with Gasteiger partial charge in [0.05, 0.1) is 0 Å². The van der Waals surface area contributed by atoms with Gasteiger partial charge in [0.25, 0.3) is 5.91 Å². The number of aliphatic carboxylic acids is 1. The molecule has 0 spiro atoms. The van der Waals surface area contributed by atoms with Crippen LogP contribution in [0.5, 0.6) is 0 Å². The SMILES string of the molecule is O=C(NC1(C(=O)O)CCOCC1)c1ccc(F)cc1. The Labute approximate surface area is 109 Å². The minimum Gasteiger partial charge on any atom is -0.480 e. The van der Waals surface area contributed by atoms with E-state index in [1.807, 2.05) is 0 Å². The summed E-state index contributed by atoms with van der Waals surface area (Å²) in [5.74, 6) is -2.05. The molecule has 1 aliphatic heterocycles. The largest absolute Gasteiger partial charge is 0.480 e. The second-order valence-electron chi connectivity index (χ2n) is 4.46. The highest BCUT2D eigenvalue weighted by atomic mass is 19.1. The van der Waals surface area contributed by atoms with Crippen molar-refractivity contribution in [3.8, 4) is 0 Å². The number of hydrogen-bond acceptors (Lipinski definition) is 3.